The van der Waals surface area contributed by atoms with Gasteiger partial charge in [-0.1, -0.05) is 17.7 Å². The van der Waals surface area contributed by atoms with Gasteiger partial charge in [0, 0.05) is 0 Å². The van der Waals surface area contributed by atoms with Gasteiger partial charge in [-0.05, 0) is 32.4 Å². The van der Waals surface area contributed by atoms with Crippen LogP contribution in [0, 0.1) is 6.92 Å². The van der Waals surface area contributed by atoms with Crippen LogP contribution in [0.1, 0.15) is 18.9 Å². The van der Waals surface area contributed by atoms with Gasteiger partial charge in [-0.25, -0.2) is 8.42 Å². The lowest BCUT2D eigenvalue weighted by atomic mass is 10.2. The summed E-state index contributed by atoms with van der Waals surface area (Å²) in [4.78, 5) is 11.9. The van der Waals surface area contributed by atoms with Crippen molar-refractivity contribution in [3.8, 4) is 0 Å². The number of carbonyl (C=O) groups is 1. The molecule has 0 amide bonds. The number of hydrogen-bond acceptors (Lipinski definition) is 5. The van der Waals surface area contributed by atoms with Gasteiger partial charge in [-0.3, -0.25) is 4.79 Å². The lowest BCUT2D eigenvalue weighted by molar-refractivity contribution is -0.145. The van der Waals surface area contributed by atoms with Crippen LogP contribution in [0.3, 0.4) is 0 Å². The molecule has 6 heteroatoms. The minimum Gasteiger partial charge on any atom is -0.465 e. The quantitative estimate of drug-likeness (QED) is 0.826. The molecule has 0 saturated heterocycles. The summed E-state index contributed by atoms with van der Waals surface area (Å²) in [5.74, 6) is -0.643. The molecule has 1 fully saturated rings. The molecule has 0 radical (unpaired) electrons. The first kappa shape index (κ1) is 14.0. The van der Waals surface area contributed by atoms with E-state index in [1.807, 2.05) is 6.92 Å². The number of benzene rings is 1. The van der Waals surface area contributed by atoms with Crippen LogP contribution >= 0.6 is 0 Å². The summed E-state index contributed by atoms with van der Waals surface area (Å²) in [6.07, 6.45) is 0.113. The summed E-state index contributed by atoms with van der Waals surface area (Å²) in [6, 6.07) is 6.51. The fraction of sp³-hybridized carbons (Fsp3) is 0.462. The highest BCUT2D eigenvalue weighted by Gasteiger charge is 2.65. The lowest BCUT2D eigenvalue weighted by Crippen LogP contribution is -2.40. The summed E-state index contributed by atoms with van der Waals surface area (Å²) < 4.78 is 29.5. The van der Waals surface area contributed by atoms with Crippen LogP contribution in [0.2, 0.25) is 0 Å². The summed E-state index contributed by atoms with van der Waals surface area (Å²) in [5, 5.41) is -0.887. The van der Waals surface area contributed by atoms with Crippen molar-refractivity contribution in [2.45, 2.75) is 36.0 Å². The van der Waals surface area contributed by atoms with E-state index in [1.54, 1.807) is 19.1 Å². The molecule has 5 nitrogen and oxygen atoms in total. The molecule has 2 N–H and O–H groups in total. The Balaban J connectivity index is 2.24. The molecule has 104 valence electrons. The number of sulfone groups is 1. The summed E-state index contributed by atoms with van der Waals surface area (Å²) in [6.45, 7) is 3.72. The Bertz CT molecular complexity index is 594. The van der Waals surface area contributed by atoms with Crippen LogP contribution in [0.4, 0.5) is 0 Å². The average Bonchev–Trinajstić information content (AvgIpc) is 3.05. The summed E-state index contributed by atoms with van der Waals surface area (Å²) in [7, 11) is -3.58. The number of carbonyl (C=O) groups excluding carboxylic acids is 1. The first-order chi connectivity index (χ1) is 8.82. The molecule has 0 aromatic heterocycles. The van der Waals surface area contributed by atoms with E-state index >= 15 is 0 Å². The van der Waals surface area contributed by atoms with E-state index in [0.29, 0.717) is 0 Å². The standard InChI is InChI=1S/C13H17NO4S/c1-3-18-12(15)13(14)8-11(13)19(16,17)10-6-4-9(2)5-7-10/h4-7,11H,3,8,14H2,1-2H3/t11-,13-/m1/s1. The highest BCUT2D eigenvalue weighted by molar-refractivity contribution is 7.92. The monoisotopic (exact) mass is 283 g/mol. The third-order valence-electron chi connectivity index (χ3n) is 3.32. The predicted molar refractivity (Wildman–Crippen MR) is 70.3 cm³/mol. The maximum atomic E-state index is 12.3. The first-order valence-electron chi connectivity index (χ1n) is 6.09. The van der Waals surface area contributed by atoms with Gasteiger partial charge in [0.25, 0.3) is 0 Å². The van der Waals surface area contributed by atoms with Crippen LogP contribution in [-0.2, 0) is 19.4 Å². The Kier molecular flexibility index (Phi) is 3.40. The van der Waals surface area contributed by atoms with Gasteiger partial charge < -0.3 is 10.5 Å². The third-order valence-corrected chi connectivity index (χ3v) is 5.58. The molecular formula is C13H17NO4S. The van der Waals surface area contributed by atoms with Crippen molar-refractivity contribution in [1.29, 1.82) is 0 Å². The highest BCUT2D eigenvalue weighted by Crippen LogP contribution is 2.43. The molecule has 1 saturated carbocycles. The van der Waals surface area contributed by atoms with Crippen molar-refractivity contribution in [3.05, 3.63) is 29.8 Å². The van der Waals surface area contributed by atoms with Gasteiger partial charge in [-0.2, -0.15) is 0 Å². The number of esters is 1. The number of ether oxygens (including phenoxy) is 1. The smallest absolute Gasteiger partial charge is 0.327 e. The van der Waals surface area contributed by atoms with E-state index in [-0.39, 0.29) is 17.9 Å². The molecule has 19 heavy (non-hydrogen) atoms. The minimum atomic E-state index is -3.58. The average molecular weight is 283 g/mol. The zero-order valence-electron chi connectivity index (χ0n) is 10.9. The molecule has 0 bridgehead atoms. The highest BCUT2D eigenvalue weighted by atomic mass is 32.2. The SMILES string of the molecule is CCOC(=O)[C@@]1(N)C[C@H]1S(=O)(=O)c1ccc(C)cc1. The molecule has 2 rings (SSSR count). The van der Waals surface area contributed by atoms with Crippen LogP contribution in [0.5, 0.6) is 0 Å². The second kappa shape index (κ2) is 4.61. The molecule has 1 aliphatic rings. The fourth-order valence-electron chi connectivity index (χ4n) is 2.01. The van der Waals surface area contributed by atoms with Gasteiger partial charge >= 0.3 is 5.97 Å². The van der Waals surface area contributed by atoms with Crippen LogP contribution in [0.15, 0.2) is 29.2 Å². The van der Waals surface area contributed by atoms with Crippen LogP contribution in [0.25, 0.3) is 0 Å². The van der Waals surface area contributed by atoms with Gasteiger partial charge in [0.15, 0.2) is 9.84 Å². The third kappa shape index (κ3) is 2.37. The van der Waals surface area contributed by atoms with E-state index in [9.17, 15) is 13.2 Å². The van der Waals surface area contributed by atoms with Crippen LogP contribution < -0.4 is 5.73 Å². The zero-order chi connectivity index (χ0) is 14.3. The van der Waals surface area contributed by atoms with E-state index in [2.05, 4.69) is 0 Å². The molecule has 0 heterocycles. The predicted octanol–water partition coefficient (Wildman–Crippen LogP) is 0.802. The molecule has 0 unspecified atom stereocenters. The zero-order valence-corrected chi connectivity index (χ0v) is 11.7. The summed E-state index contributed by atoms with van der Waals surface area (Å²) >= 11 is 0. The topological polar surface area (TPSA) is 86.5 Å². The van der Waals surface area contributed by atoms with Crippen molar-refractivity contribution in [2.75, 3.05) is 6.61 Å². The van der Waals surface area contributed by atoms with E-state index < -0.39 is 26.6 Å². The van der Waals surface area contributed by atoms with Crippen molar-refractivity contribution < 1.29 is 17.9 Å². The Hall–Kier alpha value is -1.40. The Labute approximate surface area is 112 Å². The van der Waals surface area contributed by atoms with Crippen molar-refractivity contribution in [2.24, 2.45) is 5.73 Å². The Morgan fingerprint density at radius 3 is 2.53 bits per heavy atom. The molecule has 1 aliphatic carbocycles. The normalized spacial score (nSPS) is 25.9. The Morgan fingerprint density at radius 1 is 1.42 bits per heavy atom. The second-order valence-electron chi connectivity index (χ2n) is 4.81. The second-order valence-corrected chi connectivity index (χ2v) is 6.94. The van der Waals surface area contributed by atoms with Crippen molar-refractivity contribution in [1.82, 2.24) is 0 Å². The van der Waals surface area contributed by atoms with Crippen molar-refractivity contribution >= 4 is 15.8 Å². The van der Waals surface area contributed by atoms with Gasteiger partial charge in [-0.15, -0.1) is 0 Å². The number of rotatable bonds is 4. The van der Waals surface area contributed by atoms with E-state index in [1.165, 1.54) is 12.1 Å². The number of nitrogens with two attached hydrogens (primary N) is 1. The fourth-order valence-corrected chi connectivity index (χ4v) is 4.00. The molecule has 0 aliphatic heterocycles. The number of hydrogen-bond donors (Lipinski definition) is 1. The molecular weight excluding hydrogens is 266 g/mol. The largest absolute Gasteiger partial charge is 0.465 e. The van der Waals surface area contributed by atoms with Crippen LogP contribution in [-0.4, -0.2) is 31.8 Å². The first-order valence-corrected chi connectivity index (χ1v) is 7.63. The lowest BCUT2D eigenvalue weighted by Gasteiger charge is -2.11. The molecule has 0 spiro atoms. The van der Waals surface area contributed by atoms with Gasteiger partial charge in [0.05, 0.1) is 16.8 Å². The maximum absolute atomic E-state index is 12.3. The summed E-state index contributed by atoms with van der Waals surface area (Å²) in [5.41, 5.74) is 5.40. The molecule has 1 aromatic rings. The van der Waals surface area contributed by atoms with Gasteiger partial charge in [0.1, 0.15) is 5.54 Å². The molecule has 2 atom stereocenters. The van der Waals surface area contributed by atoms with Gasteiger partial charge in [0.2, 0.25) is 0 Å². The minimum absolute atomic E-state index is 0.113. The molecule has 1 aromatic carbocycles. The Morgan fingerprint density at radius 2 is 2.00 bits per heavy atom. The maximum Gasteiger partial charge on any atom is 0.327 e. The van der Waals surface area contributed by atoms with E-state index in [0.717, 1.165) is 5.56 Å². The van der Waals surface area contributed by atoms with Crippen molar-refractivity contribution in [3.63, 3.8) is 0 Å². The van der Waals surface area contributed by atoms with E-state index in [4.69, 9.17) is 10.5 Å². The number of aryl methyl sites for hydroxylation is 1.